The summed E-state index contributed by atoms with van der Waals surface area (Å²) in [5.74, 6) is -2.19. The first-order chi connectivity index (χ1) is 23.8. The lowest BCUT2D eigenvalue weighted by Gasteiger charge is -2.23. The molecule has 0 saturated heterocycles. The summed E-state index contributed by atoms with van der Waals surface area (Å²) in [7, 11) is 0. The highest BCUT2D eigenvalue weighted by atomic mass is 16.3. The van der Waals surface area contributed by atoms with Crippen LogP contribution in [-0.4, -0.2) is 56.2 Å². The van der Waals surface area contributed by atoms with Crippen molar-refractivity contribution in [2.45, 2.75) is 106 Å². The smallest absolute Gasteiger partial charge is 0.167 e. The summed E-state index contributed by atoms with van der Waals surface area (Å²) in [6.07, 6.45) is 8.83. The van der Waals surface area contributed by atoms with Gasteiger partial charge in [0.1, 0.15) is 11.5 Å². The molecule has 8 N–H and O–H groups in total. The zero-order chi connectivity index (χ0) is 36.9. The molecule has 0 heterocycles. The molecule has 4 aromatic carbocycles. The van der Waals surface area contributed by atoms with Crippen molar-refractivity contribution in [1.82, 2.24) is 10.9 Å². The van der Waals surface area contributed by atoms with Crippen LogP contribution in [0.15, 0.2) is 22.3 Å². The molecule has 0 fully saturated rings. The Labute approximate surface area is 295 Å². The number of phenols is 6. The monoisotopic (exact) mass is 686 g/mol. The summed E-state index contributed by atoms with van der Waals surface area (Å²) in [6.45, 7) is 16.7. The number of nitrogens with one attached hydrogen (secondary N) is 2. The second-order valence-corrected chi connectivity index (χ2v) is 13.8. The van der Waals surface area contributed by atoms with Gasteiger partial charge in [-0.15, -0.1) is 0 Å². The van der Waals surface area contributed by atoms with Crippen LogP contribution in [0, 0.1) is 13.8 Å². The molecular formula is C40H54N4O6. The minimum absolute atomic E-state index is 0.133. The molecule has 0 spiro atoms. The molecule has 10 nitrogen and oxygen atoms in total. The van der Waals surface area contributed by atoms with Gasteiger partial charge in [0.15, 0.2) is 23.0 Å². The van der Waals surface area contributed by atoms with Gasteiger partial charge in [-0.05, 0) is 60.4 Å². The van der Waals surface area contributed by atoms with E-state index in [-0.39, 0.29) is 56.7 Å². The molecule has 0 bridgehead atoms. The van der Waals surface area contributed by atoms with E-state index in [0.717, 1.165) is 38.5 Å². The number of fused-ring (bicyclic) bond motifs is 2. The third kappa shape index (κ3) is 7.20. The number of hydrogen-bond donors (Lipinski definition) is 8. The van der Waals surface area contributed by atoms with E-state index in [4.69, 9.17) is 0 Å². The summed E-state index contributed by atoms with van der Waals surface area (Å²) < 4.78 is 0. The highest BCUT2D eigenvalue weighted by Crippen LogP contribution is 2.54. The molecule has 0 saturated carbocycles. The predicted molar refractivity (Wildman–Crippen MR) is 205 cm³/mol. The van der Waals surface area contributed by atoms with Crippen LogP contribution in [-0.2, 0) is 0 Å². The van der Waals surface area contributed by atoms with Crippen molar-refractivity contribution in [2.75, 3.05) is 13.1 Å². The third-order valence-corrected chi connectivity index (χ3v) is 9.34. The third-order valence-electron chi connectivity index (χ3n) is 9.34. The van der Waals surface area contributed by atoms with Crippen LogP contribution >= 0.6 is 0 Å². The van der Waals surface area contributed by atoms with Crippen LogP contribution in [0.2, 0.25) is 0 Å². The number of benzene rings is 4. The Morgan fingerprint density at radius 3 is 1.24 bits per heavy atom. The van der Waals surface area contributed by atoms with E-state index in [1.54, 1.807) is 0 Å². The second-order valence-electron chi connectivity index (χ2n) is 13.8. The van der Waals surface area contributed by atoms with Gasteiger partial charge in [0.25, 0.3) is 0 Å². The van der Waals surface area contributed by atoms with Gasteiger partial charge in [-0.1, -0.05) is 79.4 Å². The van der Waals surface area contributed by atoms with Crippen LogP contribution < -0.4 is 10.9 Å². The SMILES string of the molecule is CCCCCNN=Cc1c(O)c(O)c(C(C)C)c2cc(C)c(-c3c(C)cc4c(C(C)C)c(O)c(O)c(C=NNCCCCC)c4c3O)c(O)c12. The lowest BCUT2D eigenvalue weighted by molar-refractivity contribution is 0.398. The highest BCUT2D eigenvalue weighted by molar-refractivity contribution is 6.15. The van der Waals surface area contributed by atoms with Crippen molar-refractivity contribution >= 4 is 34.0 Å². The minimum atomic E-state index is -0.406. The zero-order valence-corrected chi connectivity index (χ0v) is 30.7. The normalized spacial score (nSPS) is 12.1. The highest BCUT2D eigenvalue weighted by Gasteiger charge is 2.29. The van der Waals surface area contributed by atoms with E-state index in [1.807, 2.05) is 53.7 Å². The Bertz CT molecular complexity index is 1790. The largest absolute Gasteiger partial charge is 0.507 e. The molecule has 0 atom stereocenters. The number of hydrogen-bond acceptors (Lipinski definition) is 10. The van der Waals surface area contributed by atoms with E-state index >= 15 is 0 Å². The molecule has 0 radical (unpaired) electrons. The number of phenolic OH excluding ortho intramolecular Hbond substituents is 6. The second kappa shape index (κ2) is 16.2. The molecule has 10 heteroatoms. The van der Waals surface area contributed by atoms with Gasteiger partial charge >= 0.3 is 0 Å². The quantitative estimate of drug-likeness (QED) is 0.0265. The van der Waals surface area contributed by atoms with Crippen LogP contribution in [0.5, 0.6) is 34.5 Å². The Kier molecular flexibility index (Phi) is 12.3. The van der Waals surface area contributed by atoms with E-state index in [2.05, 4.69) is 34.9 Å². The van der Waals surface area contributed by atoms with Crippen molar-refractivity contribution < 1.29 is 30.6 Å². The number of nitrogens with zero attached hydrogens (tertiary/aromatic N) is 2. The molecule has 0 aromatic heterocycles. The van der Waals surface area contributed by atoms with E-state index in [0.29, 0.717) is 57.2 Å². The number of unbranched alkanes of at least 4 members (excludes halogenated alkanes) is 4. The van der Waals surface area contributed by atoms with Gasteiger partial charge in [-0.3, -0.25) is 0 Å². The van der Waals surface area contributed by atoms with Gasteiger partial charge in [-0.25, -0.2) is 0 Å². The van der Waals surface area contributed by atoms with Crippen molar-refractivity contribution in [2.24, 2.45) is 10.2 Å². The summed E-state index contributed by atoms with van der Waals surface area (Å²) in [5.41, 5.74) is 9.05. The summed E-state index contributed by atoms with van der Waals surface area (Å²) in [4.78, 5) is 0. The average Bonchev–Trinajstić information content (AvgIpc) is 3.05. The maximum Gasteiger partial charge on any atom is 0.167 e. The number of hydrazone groups is 2. The lowest BCUT2D eigenvalue weighted by Crippen LogP contribution is -2.08. The van der Waals surface area contributed by atoms with E-state index < -0.39 is 11.5 Å². The van der Waals surface area contributed by atoms with Gasteiger partial charge in [0.05, 0.1) is 23.6 Å². The van der Waals surface area contributed by atoms with E-state index in [9.17, 15) is 30.6 Å². The Morgan fingerprint density at radius 1 is 0.560 bits per heavy atom. The van der Waals surface area contributed by atoms with Crippen molar-refractivity contribution in [3.8, 4) is 45.6 Å². The van der Waals surface area contributed by atoms with E-state index in [1.165, 1.54) is 12.4 Å². The Hall–Kier alpha value is -4.86. The molecule has 0 unspecified atom stereocenters. The van der Waals surface area contributed by atoms with Gasteiger partial charge in [0.2, 0.25) is 0 Å². The zero-order valence-electron chi connectivity index (χ0n) is 30.7. The molecule has 0 aliphatic carbocycles. The minimum Gasteiger partial charge on any atom is -0.507 e. The average molecular weight is 687 g/mol. The predicted octanol–water partition coefficient (Wildman–Crippen LogP) is 8.98. The first-order valence-electron chi connectivity index (χ1n) is 17.8. The summed E-state index contributed by atoms with van der Waals surface area (Å²) in [6, 6.07) is 3.68. The Balaban J connectivity index is 2.08. The molecular weight excluding hydrogens is 632 g/mol. The fourth-order valence-corrected chi connectivity index (χ4v) is 6.88. The lowest BCUT2D eigenvalue weighted by atomic mass is 9.83. The number of aryl methyl sites for hydroxylation is 2. The summed E-state index contributed by atoms with van der Waals surface area (Å²) in [5, 5.41) is 79.6. The molecule has 50 heavy (non-hydrogen) atoms. The summed E-state index contributed by atoms with van der Waals surface area (Å²) >= 11 is 0. The van der Waals surface area contributed by atoms with Crippen LogP contribution in [0.4, 0.5) is 0 Å². The molecule has 0 amide bonds. The van der Waals surface area contributed by atoms with Crippen LogP contribution in [0.3, 0.4) is 0 Å². The van der Waals surface area contributed by atoms with Gasteiger partial charge in [-0.2, -0.15) is 10.2 Å². The van der Waals surface area contributed by atoms with Crippen LogP contribution in [0.1, 0.15) is 125 Å². The fourth-order valence-electron chi connectivity index (χ4n) is 6.88. The number of rotatable bonds is 15. The van der Waals surface area contributed by atoms with Crippen molar-refractivity contribution in [3.05, 3.63) is 45.5 Å². The molecule has 0 aliphatic heterocycles. The molecule has 4 rings (SSSR count). The van der Waals surface area contributed by atoms with Crippen LogP contribution in [0.25, 0.3) is 32.7 Å². The first kappa shape index (κ1) is 38.0. The van der Waals surface area contributed by atoms with Crippen molar-refractivity contribution in [1.29, 1.82) is 0 Å². The topological polar surface area (TPSA) is 170 Å². The van der Waals surface area contributed by atoms with Gasteiger partial charge < -0.3 is 41.5 Å². The number of aromatic hydroxyl groups is 6. The molecule has 4 aromatic rings. The standard InChI is InChI=1S/C40H54N4O6/c1-9-11-13-15-41-43-19-27-33-25(29(21(3)4)39(49)35(27)45)17-23(7)31(37(33)47)32-24(8)18-26-30(22(5)6)40(50)36(46)28(34(26)38(32)48)20-44-42-16-14-12-10-2/h17-22,41-42,45-50H,9-16H2,1-8H3. The molecule has 0 aliphatic rings. The first-order valence-corrected chi connectivity index (χ1v) is 17.8. The maximum absolute atomic E-state index is 12.2. The van der Waals surface area contributed by atoms with Crippen molar-refractivity contribution in [3.63, 3.8) is 0 Å². The maximum atomic E-state index is 12.2. The molecule has 270 valence electrons. The fraction of sp³-hybridized carbons (Fsp3) is 0.450. The Morgan fingerprint density at radius 2 is 0.920 bits per heavy atom. The van der Waals surface area contributed by atoms with Gasteiger partial charge in [0, 0.05) is 46.1 Å².